The fourth-order valence-corrected chi connectivity index (χ4v) is 3.56. The van der Waals surface area contributed by atoms with Crippen LogP contribution in [0.2, 0.25) is 0 Å². The zero-order valence-electron chi connectivity index (χ0n) is 15.5. The van der Waals surface area contributed by atoms with Gasteiger partial charge in [-0.05, 0) is 35.8 Å². The van der Waals surface area contributed by atoms with Crippen molar-refractivity contribution in [2.75, 3.05) is 13.7 Å². The molecule has 0 unspecified atom stereocenters. The molecule has 0 saturated heterocycles. The van der Waals surface area contributed by atoms with E-state index in [9.17, 15) is 9.59 Å². The van der Waals surface area contributed by atoms with Gasteiger partial charge in [0.1, 0.15) is 0 Å². The third-order valence-corrected chi connectivity index (χ3v) is 4.95. The summed E-state index contributed by atoms with van der Waals surface area (Å²) in [6.45, 7) is 4.30. The highest BCUT2D eigenvalue weighted by Gasteiger charge is 2.19. The molecule has 2 rings (SSSR count). The van der Waals surface area contributed by atoms with E-state index >= 15 is 0 Å². The topological polar surface area (TPSA) is 67.4 Å². The van der Waals surface area contributed by atoms with Gasteiger partial charge in [0.15, 0.2) is 0 Å². The van der Waals surface area contributed by atoms with E-state index in [-0.39, 0.29) is 12.6 Å². The second kappa shape index (κ2) is 9.56. The molecule has 5 nitrogen and oxygen atoms in total. The number of carbonyl (C=O) groups is 2. The average Bonchev–Trinajstić information content (AvgIpc) is 2.62. The van der Waals surface area contributed by atoms with Gasteiger partial charge in [0.05, 0.1) is 13.7 Å². The molecule has 1 fully saturated rings. The number of benzene rings is 1. The lowest BCUT2D eigenvalue weighted by Gasteiger charge is -2.25. The highest BCUT2D eigenvalue weighted by atomic mass is 16.5. The quantitative estimate of drug-likeness (QED) is 0.820. The lowest BCUT2D eigenvalue weighted by molar-refractivity contribution is -0.119. The molecule has 138 valence electrons. The number of ether oxygens (including phenoxy) is 1. The molecule has 1 aromatic rings. The standard InChI is InChI=1S/C20H30N2O3/c1-14(2)19(21-13-18(23)22-20(24)25-3)17-11-9-16(10-12-17)15-7-5-4-6-8-15/h9-12,14-15,19,21H,4-8,13H2,1-3H3,(H,22,23,24)/t19-/m1/s1. The van der Waals surface area contributed by atoms with Crippen LogP contribution in [0, 0.1) is 5.92 Å². The maximum Gasteiger partial charge on any atom is 0.413 e. The van der Waals surface area contributed by atoms with Gasteiger partial charge in [0.2, 0.25) is 5.91 Å². The molecule has 0 spiro atoms. The molecule has 1 aliphatic carbocycles. The van der Waals surface area contributed by atoms with Crippen molar-refractivity contribution in [3.05, 3.63) is 35.4 Å². The third kappa shape index (κ3) is 5.85. The lowest BCUT2D eigenvalue weighted by Crippen LogP contribution is -2.39. The number of imide groups is 1. The molecule has 1 aromatic carbocycles. The van der Waals surface area contributed by atoms with Gasteiger partial charge in [-0.3, -0.25) is 10.1 Å². The van der Waals surface area contributed by atoms with E-state index in [0.29, 0.717) is 11.8 Å². The van der Waals surface area contributed by atoms with E-state index in [2.05, 4.69) is 53.5 Å². The molecule has 2 N–H and O–H groups in total. The predicted molar refractivity (Wildman–Crippen MR) is 98.4 cm³/mol. The molecule has 5 heteroatoms. The third-order valence-electron chi connectivity index (χ3n) is 4.95. The van der Waals surface area contributed by atoms with Gasteiger partial charge >= 0.3 is 6.09 Å². The van der Waals surface area contributed by atoms with E-state index in [1.165, 1.54) is 50.3 Å². The van der Waals surface area contributed by atoms with Crippen molar-refractivity contribution in [3.63, 3.8) is 0 Å². The van der Waals surface area contributed by atoms with Crippen LogP contribution in [-0.2, 0) is 9.53 Å². The van der Waals surface area contributed by atoms with Crippen molar-refractivity contribution in [2.24, 2.45) is 5.92 Å². The van der Waals surface area contributed by atoms with Crippen molar-refractivity contribution in [1.82, 2.24) is 10.6 Å². The van der Waals surface area contributed by atoms with Crippen LogP contribution < -0.4 is 10.6 Å². The Hall–Kier alpha value is -1.88. The molecule has 0 aliphatic heterocycles. The number of rotatable bonds is 6. The van der Waals surface area contributed by atoms with Gasteiger partial charge in [-0.2, -0.15) is 0 Å². The predicted octanol–water partition coefficient (Wildman–Crippen LogP) is 3.90. The highest BCUT2D eigenvalue weighted by molar-refractivity contribution is 5.92. The zero-order chi connectivity index (χ0) is 18.2. The molecule has 1 saturated carbocycles. The summed E-state index contributed by atoms with van der Waals surface area (Å²) in [5.41, 5.74) is 2.59. The second-order valence-corrected chi connectivity index (χ2v) is 7.14. The Bertz CT molecular complexity index is 563. The van der Waals surface area contributed by atoms with Crippen LogP contribution >= 0.6 is 0 Å². The highest BCUT2D eigenvalue weighted by Crippen LogP contribution is 2.33. The van der Waals surface area contributed by atoms with Crippen molar-refractivity contribution in [1.29, 1.82) is 0 Å². The van der Waals surface area contributed by atoms with E-state index < -0.39 is 12.0 Å². The maximum atomic E-state index is 11.8. The molecule has 0 radical (unpaired) electrons. The number of nitrogens with one attached hydrogen (secondary N) is 2. The Kier molecular flexibility index (Phi) is 7.44. The van der Waals surface area contributed by atoms with Gasteiger partial charge < -0.3 is 10.1 Å². The summed E-state index contributed by atoms with van der Waals surface area (Å²) in [5, 5.41) is 5.41. The van der Waals surface area contributed by atoms with E-state index in [1.54, 1.807) is 0 Å². The number of hydrogen-bond donors (Lipinski definition) is 2. The van der Waals surface area contributed by atoms with Crippen LogP contribution in [0.25, 0.3) is 0 Å². The normalized spacial score (nSPS) is 16.5. The zero-order valence-corrected chi connectivity index (χ0v) is 15.5. The van der Waals surface area contributed by atoms with Gasteiger partial charge in [-0.1, -0.05) is 57.4 Å². The van der Waals surface area contributed by atoms with Gasteiger partial charge in [0, 0.05) is 6.04 Å². The molecular weight excluding hydrogens is 316 g/mol. The van der Waals surface area contributed by atoms with Crippen LogP contribution in [-0.4, -0.2) is 25.7 Å². The molecular formula is C20H30N2O3. The lowest BCUT2D eigenvalue weighted by atomic mass is 9.83. The summed E-state index contributed by atoms with van der Waals surface area (Å²) in [7, 11) is 1.24. The van der Waals surface area contributed by atoms with Crippen LogP contribution in [0.1, 0.15) is 69.0 Å². The Balaban J connectivity index is 1.97. The SMILES string of the molecule is COC(=O)NC(=O)CN[C@@H](c1ccc(C2CCCCC2)cc1)C(C)C. The van der Waals surface area contributed by atoms with Crippen molar-refractivity contribution < 1.29 is 14.3 Å². The molecule has 0 bridgehead atoms. The maximum absolute atomic E-state index is 11.8. The first-order chi connectivity index (χ1) is 12.0. The summed E-state index contributed by atoms with van der Waals surface area (Å²) in [6, 6.07) is 8.86. The molecule has 0 heterocycles. The number of hydrogen-bond acceptors (Lipinski definition) is 4. The molecule has 2 amide bonds. The number of alkyl carbamates (subject to hydrolysis) is 1. The monoisotopic (exact) mass is 346 g/mol. The van der Waals surface area contributed by atoms with E-state index in [0.717, 1.165) is 0 Å². The minimum absolute atomic E-state index is 0.0591. The Morgan fingerprint density at radius 3 is 2.32 bits per heavy atom. The van der Waals surface area contributed by atoms with Crippen LogP contribution in [0.3, 0.4) is 0 Å². The average molecular weight is 346 g/mol. The van der Waals surface area contributed by atoms with Gasteiger partial charge in [-0.25, -0.2) is 4.79 Å². The molecule has 1 atom stereocenters. The number of carbonyl (C=O) groups excluding carboxylic acids is 2. The molecule has 1 aliphatic rings. The summed E-state index contributed by atoms with van der Waals surface area (Å²) in [4.78, 5) is 22.8. The largest absolute Gasteiger partial charge is 0.453 e. The Morgan fingerprint density at radius 2 is 1.76 bits per heavy atom. The second-order valence-electron chi connectivity index (χ2n) is 7.14. The van der Waals surface area contributed by atoms with E-state index in [1.807, 2.05) is 0 Å². The summed E-state index contributed by atoms with van der Waals surface area (Å²) in [5.74, 6) is 0.627. The first-order valence-corrected chi connectivity index (χ1v) is 9.22. The van der Waals surface area contributed by atoms with Crippen molar-refractivity contribution in [2.45, 2.75) is 57.9 Å². The summed E-state index contributed by atoms with van der Waals surface area (Å²) >= 11 is 0. The van der Waals surface area contributed by atoms with Crippen LogP contribution in [0.5, 0.6) is 0 Å². The van der Waals surface area contributed by atoms with Crippen molar-refractivity contribution in [3.8, 4) is 0 Å². The Morgan fingerprint density at radius 1 is 1.12 bits per heavy atom. The smallest absolute Gasteiger partial charge is 0.413 e. The van der Waals surface area contributed by atoms with Gasteiger partial charge in [-0.15, -0.1) is 0 Å². The first-order valence-electron chi connectivity index (χ1n) is 9.22. The summed E-state index contributed by atoms with van der Waals surface area (Å²) < 4.78 is 4.43. The fourth-order valence-electron chi connectivity index (χ4n) is 3.56. The minimum Gasteiger partial charge on any atom is -0.453 e. The molecule has 0 aromatic heterocycles. The first kappa shape index (κ1) is 19.4. The van der Waals surface area contributed by atoms with Crippen molar-refractivity contribution >= 4 is 12.0 Å². The fraction of sp³-hybridized carbons (Fsp3) is 0.600. The number of methoxy groups -OCH3 is 1. The van der Waals surface area contributed by atoms with Crippen LogP contribution in [0.15, 0.2) is 24.3 Å². The van der Waals surface area contributed by atoms with E-state index in [4.69, 9.17) is 0 Å². The minimum atomic E-state index is -0.732. The van der Waals surface area contributed by atoms with Crippen LogP contribution in [0.4, 0.5) is 4.79 Å². The summed E-state index contributed by atoms with van der Waals surface area (Å²) in [6.07, 6.45) is 5.87. The molecule has 25 heavy (non-hydrogen) atoms. The van der Waals surface area contributed by atoms with Gasteiger partial charge in [0.25, 0.3) is 0 Å². The Labute approximate surface area is 150 Å². The number of amides is 2.